The number of nitrogens with one attached hydrogen (secondary N) is 1. The molecule has 2 aliphatic heterocycles. The zero-order valence-corrected chi connectivity index (χ0v) is 11.2. The molecule has 0 spiro atoms. The minimum Gasteiger partial charge on any atom is -0.374 e. The summed E-state index contributed by atoms with van der Waals surface area (Å²) in [6.45, 7) is 10.1. The highest BCUT2D eigenvalue weighted by atomic mass is 15.2. The maximum atomic E-state index is 4.45. The van der Waals surface area contributed by atoms with Crippen molar-refractivity contribution >= 4 is 12.7 Å². The number of hydrogen-bond acceptors (Lipinski definition) is 4. The number of aliphatic imine (C=N–C) groups is 2. The SMILES string of the molecule is CC(CC(C)(C)CC1CNC=N1)N1C=NCC1. The largest absolute Gasteiger partial charge is 0.374 e. The van der Waals surface area contributed by atoms with Crippen LogP contribution >= 0.6 is 0 Å². The molecule has 17 heavy (non-hydrogen) atoms. The smallest absolute Gasteiger partial charge is 0.0853 e. The summed E-state index contributed by atoms with van der Waals surface area (Å²) in [6, 6.07) is 1.04. The van der Waals surface area contributed by atoms with Gasteiger partial charge >= 0.3 is 0 Å². The van der Waals surface area contributed by atoms with E-state index in [1.807, 2.05) is 12.7 Å². The molecule has 96 valence electrons. The molecular weight excluding hydrogens is 212 g/mol. The molecule has 2 rings (SSSR count). The standard InChI is InChI=1S/C13H24N4/c1-11(17-5-4-14-10-17)6-13(2,3)7-12-8-15-9-16-12/h9-12H,4-8H2,1-3H3,(H,15,16). The van der Waals surface area contributed by atoms with E-state index in [1.165, 1.54) is 6.42 Å². The Kier molecular flexibility index (Phi) is 3.69. The van der Waals surface area contributed by atoms with E-state index in [2.05, 4.69) is 41.0 Å². The lowest BCUT2D eigenvalue weighted by Crippen LogP contribution is -2.35. The molecule has 0 saturated carbocycles. The van der Waals surface area contributed by atoms with Gasteiger partial charge in [0.05, 0.1) is 25.3 Å². The fourth-order valence-electron chi connectivity index (χ4n) is 2.89. The summed E-state index contributed by atoms with van der Waals surface area (Å²) >= 11 is 0. The van der Waals surface area contributed by atoms with Crippen LogP contribution in [0.3, 0.4) is 0 Å². The first-order valence-corrected chi connectivity index (χ1v) is 6.57. The third kappa shape index (κ3) is 3.45. The molecule has 0 aromatic rings. The average molecular weight is 236 g/mol. The lowest BCUT2D eigenvalue weighted by molar-refractivity contribution is 0.210. The Balaban J connectivity index is 1.82. The molecule has 2 heterocycles. The van der Waals surface area contributed by atoms with Gasteiger partial charge in [-0.15, -0.1) is 0 Å². The van der Waals surface area contributed by atoms with Crippen molar-refractivity contribution in [1.29, 1.82) is 0 Å². The van der Waals surface area contributed by atoms with Crippen molar-refractivity contribution in [3.8, 4) is 0 Å². The molecule has 1 N–H and O–H groups in total. The number of rotatable bonds is 5. The van der Waals surface area contributed by atoms with Gasteiger partial charge in [-0.25, -0.2) is 0 Å². The molecule has 0 fully saturated rings. The van der Waals surface area contributed by atoms with Gasteiger partial charge in [-0.2, -0.15) is 0 Å². The van der Waals surface area contributed by atoms with Crippen LogP contribution in [0.5, 0.6) is 0 Å². The predicted octanol–water partition coefficient (Wildman–Crippen LogP) is 1.53. The highest BCUT2D eigenvalue weighted by Gasteiger charge is 2.28. The van der Waals surface area contributed by atoms with Crippen LogP contribution < -0.4 is 5.32 Å². The number of hydrogen-bond donors (Lipinski definition) is 1. The quantitative estimate of drug-likeness (QED) is 0.786. The van der Waals surface area contributed by atoms with E-state index in [-0.39, 0.29) is 0 Å². The Bertz CT molecular complexity index is 309. The summed E-state index contributed by atoms with van der Waals surface area (Å²) in [4.78, 5) is 11.1. The van der Waals surface area contributed by atoms with Crippen molar-refractivity contribution in [2.45, 2.75) is 45.7 Å². The van der Waals surface area contributed by atoms with Crippen molar-refractivity contribution < 1.29 is 0 Å². The molecule has 4 heteroatoms. The van der Waals surface area contributed by atoms with E-state index in [9.17, 15) is 0 Å². The molecule has 2 unspecified atom stereocenters. The third-order valence-electron chi connectivity index (χ3n) is 3.65. The van der Waals surface area contributed by atoms with Gasteiger partial charge in [0, 0.05) is 19.1 Å². The minimum atomic E-state index is 0.337. The number of nitrogens with zero attached hydrogens (tertiary/aromatic N) is 3. The van der Waals surface area contributed by atoms with E-state index >= 15 is 0 Å². The average Bonchev–Trinajstić information content (AvgIpc) is 2.85. The molecule has 0 aliphatic carbocycles. The van der Waals surface area contributed by atoms with Crippen LogP contribution in [0, 0.1) is 5.41 Å². The predicted molar refractivity (Wildman–Crippen MR) is 72.8 cm³/mol. The zero-order chi connectivity index (χ0) is 12.3. The van der Waals surface area contributed by atoms with Crippen LogP contribution in [0.4, 0.5) is 0 Å². The van der Waals surface area contributed by atoms with E-state index in [4.69, 9.17) is 0 Å². The van der Waals surface area contributed by atoms with Gasteiger partial charge in [0.15, 0.2) is 0 Å². The first-order chi connectivity index (χ1) is 8.07. The fourth-order valence-corrected chi connectivity index (χ4v) is 2.89. The molecule has 0 aromatic heterocycles. The van der Waals surface area contributed by atoms with E-state index < -0.39 is 0 Å². The molecule has 0 saturated heterocycles. The Morgan fingerprint density at radius 3 is 2.94 bits per heavy atom. The molecule has 4 nitrogen and oxygen atoms in total. The Labute approximate surface area is 104 Å². The Hall–Kier alpha value is -1.06. The Morgan fingerprint density at radius 2 is 2.35 bits per heavy atom. The van der Waals surface area contributed by atoms with Crippen molar-refractivity contribution in [1.82, 2.24) is 10.2 Å². The van der Waals surface area contributed by atoms with Crippen LogP contribution in [-0.2, 0) is 0 Å². The molecule has 2 aliphatic rings. The second-order valence-electron chi connectivity index (χ2n) is 6.02. The van der Waals surface area contributed by atoms with Crippen LogP contribution in [0.1, 0.15) is 33.6 Å². The van der Waals surface area contributed by atoms with Crippen LogP contribution in [0.15, 0.2) is 9.98 Å². The molecular formula is C13H24N4. The van der Waals surface area contributed by atoms with E-state index in [0.717, 1.165) is 26.1 Å². The second-order valence-corrected chi connectivity index (χ2v) is 6.02. The molecule has 0 aromatic carbocycles. The van der Waals surface area contributed by atoms with Gasteiger partial charge in [-0.1, -0.05) is 13.8 Å². The van der Waals surface area contributed by atoms with Crippen LogP contribution in [0.25, 0.3) is 0 Å². The highest BCUT2D eigenvalue weighted by Crippen LogP contribution is 2.31. The van der Waals surface area contributed by atoms with Crippen molar-refractivity contribution in [2.24, 2.45) is 15.4 Å². The van der Waals surface area contributed by atoms with Crippen molar-refractivity contribution in [3.05, 3.63) is 0 Å². The lowest BCUT2D eigenvalue weighted by atomic mass is 9.80. The summed E-state index contributed by atoms with van der Waals surface area (Å²) in [5.41, 5.74) is 0.337. The molecule has 0 bridgehead atoms. The summed E-state index contributed by atoms with van der Waals surface area (Å²) in [5, 5.41) is 3.18. The van der Waals surface area contributed by atoms with Gasteiger partial charge in [0.25, 0.3) is 0 Å². The maximum Gasteiger partial charge on any atom is 0.0853 e. The second kappa shape index (κ2) is 5.07. The first kappa shape index (κ1) is 12.4. The van der Waals surface area contributed by atoms with Crippen molar-refractivity contribution in [3.63, 3.8) is 0 Å². The topological polar surface area (TPSA) is 40.0 Å². The lowest BCUT2D eigenvalue weighted by Gasteiger charge is -2.33. The highest BCUT2D eigenvalue weighted by molar-refractivity contribution is 5.57. The summed E-state index contributed by atoms with van der Waals surface area (Å²) < 4.78 is 0. The maximum absolute atomic E-state index is 4.45. The van der Waals surface area contributed by atoms with Gasteiger partial charge in [-0.3, -0.25) is 9.98 Å². The van der Waals surface area contributed by atoms with E-state index in [0.29, 0.717) is 17.5 Å². The fraction of sp³-hybridized carbons (Fsp3) is 0.846. The monoisotopic (exact) mass is 236 g/mol. The van der Waals surface area contributed by atoms with Gasteiger partial charge in [-0.05, 0) is 25.2 Å². The van der Waals surface area contributed by atoms with Crippen LogP contribution in [-0.4, -0.2) is 49.3 Å². The van der Waals surface area contributed by atoms with Crippen LogP contribution in [0.2, 0.25) is 0 Å². The summed E-state index contributed by atoms with van der Waals surface area (Å²) in [6.07, 6.45) is 6.21. The van der Waals surface area contributed by atoms with Gasteiger partial charge in [0.1, 0.15) is 0 Å². The molecule has 0 radical (unpaired) electrons. The minimum absolute atomic E-state index is 0.337. The molecule has 2 atom stereocenters. The van der Waals surface area contributed by atoms with Gasteiger partial charge < -0.3 is 10.2 Å². The Morgan fingerprint density at radius 1 is 1.53 bits per heavy atom. The van der Waals surface area contributed by atoms with E-state index in [1.54, 1.807) is 0 Å². The van der Waals surface area contributed by atoms with Crippen molar-refractivity contribution in [2.75, 3.05) is 19.6 Å². The third-order valence-corrected chi connectivity index (χ3v) is 3.65. The summed E-state index contributed by atoms with van der Waals surface area (Å²) in [5.74, 6) is 0. The molecule has 0 amide bonds. The van der Waals surface area contributed by atoms with Gasteiger partial charge in [0.2, 0.25) is 0 Å². The normalized spacial score (nSPS) is 25.4. The first-order valence-electron chi connectivity index (χ1n) is 6.57. The zero-order valence-electron chi connectivity index (χ0n) is 11.2. The summed E-state index contributed by atoms with van der Waals surface area (Å²) in [7, 11) is 0.